The summed E-state index contributed by atoms with van der Waals surface area (Å²) in [5.41, 5.74) is 0.670. The molecule has 1 aliphatic rings. The number of carboxylic acids is 1. The number of aliphatic carboxylic acids is 1. The fourth-order valence-electron chi connectivity index (χ4n) is 2.27. The summed E-state index contributed by atoms with van der Waals surface area (Å²) < 4.78 is 6.54. The molecule has 1 amide bonds. The van der Waals surface area contributed by atoms with Gasteiger partial charge in [0.1, 0.15) is 0 Å². The number of halogens is 1. The SMILES string of the molecule is O=C(O)C[C@@H](C(=O)Nc1ccc(I)cc1)[C@H]1CCCO1. The quantitative estimate of drug-likeness (QED) is 0.759. The van der Waals surface area contributed by atoms with Gasteiger partial charge in [0.15, 0.2) is 0 Å². The number of hydrogen-bond acceptors (Lipinski definition) is 3. The summed E-state index contributed by atoms with van der Waals surface area (Å²) in [4.78, 5) is 23.2. The lowest BCUT2D eigenvalue weighted by Crippen LogP contribution is -2.34. The molecule has 0 unspecified atom stereocenters. The van der Waals surface area contributed by atoms with E-state index in [1.54, 1.807) is 12.1 Å². The summed E-state index contributed by atoms with van der Waals surface area (Å²) in [5.74, 6) is -1.92. The fraction of sp³-hybridized carbons (Fsp3) is 0.429. The van der Waals surface area contributed by atoms with E-state index in [0.717, 1.165) is 16.4 Å². The van der Waals surface area contributed by atoms with Crippen LogP contribution in [0, 0.1) is 9.49 Å². The molecular formula is C14H16INO4. The van der Waals surface area contributed by atoms with Gasteiger partial charge in [-0.1, -0.05) is 0 Å². The molecule has 2 atom stereocenters. The van der Waals surface area contributed by atoms with Gasteiger partial charge in [-0.2, -0.15) is 0 Å². The van der Waals surface area contributed by atoms with Gasteiger partial charge in [0.05, 0.1) is 18.4 Å². The Labute approximate surface area is 130 Å². The van der Waals surface area contributed by atoms with Crippen LogP contribution in [0.15, 0.2) is 24.3 Å². The summed E-state index contributed by atoms with van der Waals surface area (Å²) in [6.07, 6.45) is 1.10. The minimum absolute atomic E-state index is 0.207. The van der Waals surface area contributed by atoms with E-state index in [0.29, 0.717) is 12.3 Å². The zero-order valence-corrected chi connectivity index (χ0v) is 13.0. The molecule has 6 heteroatoms. The smallest absolute Gasteiger partial charge is 0.304 e. The first-order chi connectivity index (χ1) is 9.56. The van der Waals surface area contributed by atoms with Gasteiger partial charge in [0, 0.05) is 15.9 Å². The Morgan fingerprint density at radius 2 is 2.10 bits per heavy atom. The molecule has 0 aliphatic carbocycles. The van der Waals surface area contributed by atoms with E-state index in [2.05, 4.69) is 27.9 Å². The van der Waals surface area contributed by atoms with Crippen LogP contribution in [0.2, 0.25) is 0 Å². The molecule has 2 N–H and O–H groups in total. The van der Waals surface area contributed by atoms with Crippen molar-refractivity contribution in [3.8, 4) is 0 Å². The number of rotatable bonds is 5. The number of nitrogens with one attached hydrogen (secondary N) is 1. The van der Waals surface area contributed by atoms with Gasteiger partial charge in [-0.3, -0.25) is 9.59 Å². The number of hydrogen-bond donors (Lipinski definition) is 2. The van der Waals surface area contributed by atoms with E-state index in [1.807, 2.05) is 12.1 Å². The Balaban J connectivity index is 2.05. The highest BCUT2D eigenvalue weighted by Crippen LogP contribution is 2.24. The summed E-state index contributed by atoms with van der Waals surface area (Å²) in [5, 5.41) is 11.7. The van der Waals surface area contributed by atoms with Gasteiger partial charge in [-0.25, -0.2) is 0 Å². The maximum atomic E-state index is 12.3. The predicted octanol–water partition coefficient (Wildman–Crippen LogP) is 2.50. The first-order valence-corrected chi connectivity index (χ1v) is 7.54. The van der Waals surface area contributed by atoms with E-state index in [9.17, 15) is 9.59 Å². The Morgan fingerprint density at radius 3 is 2.65 bits per heavy atom. The topological polar surface area (TPSA) is 75.6 Å². The molecule has 0 saturated carbocycles. The Bertz CT molecular complexity index is 482. The van der Waals surface area contributed by atoms with Gasteiger partial charge >= 0.3 is 5.97 Å². The lowest BCUT2D eigenvalue weighted by atomic mass is 9.95. The van der Waals surface area contributed by atoms with Crippen molar-refractivity contribution in [2.24, 2.45) is 5.92 Å². The van der Waals surface area contributed by atoms with Gasteiger partial charge in [0.25, 0.3) is 0 Å². The third kappa shape index (κ3) is 4.17. The van der Waals surface area contributed by atoms with Crippen LogP contribution in [0.1, 0.15) is 19.3 Å². The number of carbonyl (C=O) groups is 2. The number of anilines is 1. The minimum atomic E-state index is -0.983. The van der Waals surface area contributed by atoms with E-state index < -0.39 is 11.9 Å². The molecular weight excluding hydrogens is 373 g/mol. The average Bonchev–Trinajstić information content (AvgIpc) is 2.92. The van der Waals surface area contributed by atoms with Crippen molar-refractivity contribution in [3.05, 3.63) is 27.8 Å². The highest BCUT2D eigenvalue weighted by Gasteiger charge is 2.33. The molecule has 108 valence electrons. The second-order valence-corrected chi connectivity index (χ2v) is 6.00. The van der Waals surface area contributed by atoms with Crippen LogP contribution in [0.3, 0.4) is 0 Å². The van der Waals surface area contributed by atoms with Gasteiger partial charge in [-0.05, 0) is 59.7 Å². The second kappa shape index (κ2) is 7.03. The summed E-state index contributed by atoms with van der Waals surface area (Å²) >= 11 is 2.18. The highest BCUT2D eigenvalue weighted by molar-refractivity contribution is 14.1. The molecule has 1 aromatic rings. The van der Waals surface area contributed by atoms with Crippen LogP contribution in [0.25, 0.3) is 0 Å². The molecule has 1 saturated heterocycles. The standard InChI is InChI=1S/C14H16INO4/c15-9-3-5-10(6-4-9)16-14(19)11(8-13(17)18)12-2-1-7-20-12/h3-6,11-12H,1-2,7-8H2,(H,16,19)(H,17,18)/t11-,12-/m1/s1. The molecule has 0 aromatic heterocycles. The third-order valence-corrected chi connectivity index (χ3v) is 3.98. The predicted molar refractivity (Wildman–Crippen MR) is 82.5 cm³/mol. The summed E-state index contributed by atoms with van der Waals surface area (Å²) in [6.45, 7) is 0.595. The molecule has 0 spiro atoms. The number of benzene rings is 1. The third-order valence-electron chi connectivity index (χ3n) is 3.26. The first kappa shape index (κ1) is 15.2. The lowest BCUT2D eigenvalue weighted by Gasteiger charge is -2.20. The van der Waals surface area contributed by atoms with Crippen molar-refractivity contribution in [2.75, 3.05) is 11.9 Å². The van der Waals surface area contributed by atoms with Crippen molar-refractivity contribution < 1.29 is 19.4 Å². The van der Waals surface area contributed by atoms with E-state index >= 15 is 0 Å². The molecule has 0 bridgehead atoms. The van der Waals surface area contributed by atoms with Gasteiger partial charge in [0.2, 0.25) is 5.91 Å². The average molecular weight is 389 g/mol. The van der Waals surface area contributed by atoms with E-state index in [4.69, 9.17) is 9.84 Å². The van der Waals surface area contributed by atoms with Crippen LogP contribution in [-0.2, 0) is 14.3 Å². The fourth-order valence-corrected chi connectivity index (χ4v) is 2.63. The molecule has 1 aromatic carbocycles. The van der Waals surface area contributed by atoms with Crippen molar-refractivity contribution in [1.29, 1.82) is 0 Å². The van der Waals surface area contributed by atoms with Crippen molar-refractivity contribution in [3.63, 3.8) is 0 Å². The summed E-state index contributed by atoms with van der Waals surface area (Å²) in [7, 11) is 0. The minimum Gasteiger partial charge on any atom is -0.481 e. The summed E-state index contributed by atoms with van der Waals surface area (Å²) in [6, 6.07) is 7.36. The number of ether oxygens (including phenoxy) is 1. The number of amides is 1. The largest absolute Gasteiger partial charge is 0.481 e. The van der Waals surface area contributed by atoms with Crippen LogP contribution >= 0.6 is 22.6 Å². The maximum absolute atomic E-state index is 12.3. The Morgan fingerprint density at radius 1 is 1.40 bits per heavy atom. The van der Waals surface area contributed by atoms with Gasteiger partial charge < -0.3 is 15.2 Å². The molecule has 1 heterocycles. The zero-order valence-electron chi connectivity index (χ0n) is 10.8. The van der Waals surface area contributed by atoms with Crippen molar-refractivity contribution >= 4 is 40.2 Å². The molecule has 1 aliphatic heterocycles. The highest BCUT2D eigenvalue weighted by atomic mass is 127. The number of carboxylic acid groups (broad SMARTS) is 1. The normalized spacial score (nSPS) is 19.6. The van der Waals surface area contributed by atoms with Crippen LogP contribution < -0.4 is 5.32 Å². The molecule has 1 fully saturated rings. The van der Waals surface area contributed by atoms with Gasteiger partial charge in [-0.15, -0.1) is 0 Å². The van der Waals surface area contributed by atoms with E-state index in [-0.39, 0.29) is 18.4 Å². The maximum Gasteiger partial charge on any atom is 0.304 e. The number of carbonyl (C=O) groups excluding carboxylic acids is 1. The Kier molecular flexibility index (Phi) is 5.36. The molecule has 5 nitrogen and oxygen atoms in total. The van der Waals surface area contributed by atoms with Crippen molar-refractivity contribution in [1.82, 2.24) is 0 Å². The van der Waals surface area contributed by atoms with E-state index in [1.165, 1.54) is 0 Å². The molecule has 20 heavy (non-hydrogen) atoms. The van der Waals surface area contributed by atoms with Crippen molar-refractivity contribution in [2.45, 2.75) is 25.4 Å². The lowest BCUT2D eigenvalue weighted by molar-refractivity contribution is -0.142. The molecule has 2 rings (SSSR count). The molecule has 0 radical (unpaired) electrons. The Hall–Kier alpha value is -1.15. The zero-order chi connectivity index (χ0) is 14.5. The van der Waals surface area contributed by atoms with Crippen LogP contribution in [0.5, 0.6) is 0 Å². The van der Waals surface area contributed by atoms with Crippen LogP contribution in [0.4, 0.5) is 5.69 Å². The monoisotopic (exact) mass is 389 g/mol. The second-order valence-electron chi connectivity index (χ2n) is 4.75. The first-order valence-electron chi connectivity index (χ1n) is 6.46. The van der Waals surface area contributed by atoms with Crippen LogP contribution in [-0.4, -0.2) is 29.7 Å².